The van der Waals surface area contributed by atoms with Crippen molar-refractivity contribution >= 4 is 27.8 Å². The van der Waals surface area contributed by atoms with E-state index in [1.165, 1.54) is 18.2 Å². The number of anilines is 1. The average Bonchev–Trinajstić information content (AvgIpc) is 2.77. The van der Waals surface area contributed by atoms with E-state index in [4.69, 9.17) is 0 Å². The number of rotatable bonds is 4. The van der Waals surface area contributed by atoms with E-state index in [0.29, 0.717) is 24.0 Å². The maximum atomic E-state index is 13.5. The summed E-state index contributed by atoms with van der Waals surface area (Å²) in [7, 11) is 0. The van der Waals surface area contributed by atoms with Gasteiger partial charge in [-0.1, -0.05) is 56.3 Å². The molecule has 1 atom stereocenters. The predicted octanol–water partition coefficient (Wildman–Crippen LogP) is 7.39. The number of Topliss-reactive ketones (excluding diaryl/α,β-unsaturated/α-hetero) is 1. The van der Waals surface area contributed by atoms with E-state index >= 15 is 0 Å². The number of carbonyl (C=O) groups is 1. The molecule has 1 N–H and O–H groups in total. The zero-order valence-corrected chi connectivity index (χ0v) is 18.7. The van der Waals surface area contributed by atoms with Crippen molar-refractivity contribution in [2.24, 2.45) is 5.41 Å². The number of carbonyl (C=O) groups excluding carboxylic acids is 1. The minimum atomic E-state index is -4.61. The van der Waals surface area contributed by atoms with Crippen LogP contribution in [0.15, 0.2) is 66.2 Å². The van der Waals surface area contributed by atoms with Crippen molar-refractivity contribution in [2.45, 2.75) is 45.3 Å². The van der Waals surface area contributed by atoms with Crippen molar-refractivity contribution in [2.75, 3.05) is 5.32 Å². The van der Waals surface area contributed by atoms with Gasteiger partial charge in [-0.3, -0.25) is 4.79 Å². The van der Waals surface area contributed by atoms with E-state index in [-0.39, 0.29) is 16.9 Å². The summed E-state index contributed by atoms with van der Waals surface area (Å²) in [4.78, 5) is 13.4. The fraction of sp³-hybridized carbons (Fsp3) is 0.296. The Kier molecular flexibility index (Phi) is 5.19. The van der Waals surface area contributed by atoms with Crippen LogP contribution < -0.4 is 10.1 Å². The third kappa shape index (κ3) is 3.83. The fourth-order valence-electron chi connectivity index (χ4n) is 5.05. The molecule has 7 heteroatoms. The van der Waals surface area contributed by atoms with Gasteiger partial charge < -0.3 is 10.1 Å². The first-order valence-corrected chi connectivity index (χ1v) is 11.1. The second kappa shape index (κ2) is 7.86. The quantitative estimate of drug-likeness (QED) is 0.405. The smallest absolute Gasteiger partial charge is 0.428 e. The SMILES string of the molecule is CC1(C)CC(=O)C2=C(C1)c1c(ccc3ccccc13)N[C@@H]2c1cccc(OC(F)(F)C(F)F)c1. The zero-order valence-electron chi connectivity index (χ0n) is 18.7. The number of hydrogen-bond acceptors (Lipinski definition) is 3. The molecule has 3 aromatic rings. The fourth-order valence-corrected chi connectivity index (χ4v) is 5.05. The molecular weight excluding hydrogens is 446 g/mol. The highest BCUT2D eigenvalue weighted by atomic mass is 19.3. The Hall–Kier alpha value is -3.35. The van der Waals surface area contributed by atoms with Crippen LogP contribution in [-0.4, -0.2) is 18.3 Å². The van der Waals surface area contributed by atoms with Crippen LogP contribution in [0.25, 0.3) is 16.3 Å². The summed E-state index contributed by atoms with van der Waals surface area (Å²) < 4.78 is 56.6. The second-order valence-electron chi connectivity index (χ2n) is 9.66. The highest BCUT2D eigenvalue weighted by Gasteiger charge is 2.44. The lowest BCUT2D eigenvalue weighted by molar-refractivity contribution is -0.253. The lowest BCUT2D eigenvalue weighted by Crippen LogP contribution is -2.34. The van der Waals surface area contributed by atoms with E-state index in [1.54, 1.807) is 6.07 Å². The van der Waals surface area contributed by atoms with Crippen LogP contribution in [0.5, 0.6) is 5.75 Å². The van der Waals surface area contributed by atoms with Crippen molar-refractivity contribution in [1.82, 2.24) is 0 Å². The average molecular weight is 469 g/mol. The van der Waals surface area contributed by atoms with E-state index in [9.17, 15) is 22.4 Å². The molecule has 5 rings (SSSR count). The minimum absolute atomic E-state index is 0.0217. The first-order chi connectivity index (χ1) is 16.1. The summed E-state index contributed by atoms with van der Waals surface area (Å²) in [6.07, 6.45) is -7.55. The first kappa shape index (κ1) is 22.4. The summed E-state index contributed by atoms with van der Waals surface area (Å²) in [5, 5.41) is 5.48. The highest BCUT2D eigenvalue weighted by molar-refractivity contribution is 6.12. The molecule has 1 heterocycles. The first-order valence-electron chi connectivity index (χ1n) is 11.1. The monoisotopic (exact) mass is 469 g/mol. The van der Waals surface area contributed by atoms with Crippen molar-refractivity contribution < 1.29 is 27.1 Å². The molecule has 0 amide bonds. The molecule has 176 valence electrons. The molecule has 0 radical (unpaired) electrons. The Labute approximate surface area is 194 Å². The van der Waals surface area contributed by atoms with Crippen LogP contribution >= 0.6 is 0 Å². The van der Waals surface area contributed by atoms with Crippen LogP contribution in [0.4, 0.5) is 23.2 Å². The third-order valence-electron chi connectivity index (χ3n) is 6.44. The van der Waals surface area contributed by atoms with Crippen molar-refractivity contribution in [1.29, 1.82) is 0 Å². The number of allylic oxidation sites excluding steroid dienone is 1. The maximum absolute atomic E-state index is 13.5. The summed E-state index contributed by atoms with van der Waals surface area (Å²) in [5.74, 6) is -0.411. The summed E-state index contributed by atoms with van der Waals surface area (Å²) in [6, 6.07) is 16.9. The Balaban J connectivity index is 1.66. The number of halogens is 4. The number of benzene rings is 3. The molecule has 1 aliphatic heterocycles. The molecule has 3 nitrogen and oxygen atoms in total. The van der Waals surface area contributed by atoms with Gasteiger partial charge in [-0.25, -0.2) is 0 Å². The summed E-state index contributed by atoms with van der Waals surface area (Å²) in [5.41, 5.74) is 3.57. The van der Waals surface area contributed by atoms with Crippen LogP contribution in [0.1, 0.15) is 43.9 Å². The molecule has 1 aliphatic carbocycles. The van der Waals surface area contributed by atoms with Gasteiger partial charge in [0.1, 0.15) is 5.75 Å². The van der Waals surface area contributed by atoms with Crippen molar-refractivity contribution in [3.8, 4) is 5.75 Å². The normalized spacial score (nSPS) is 19.6. The van der Waals surface area contributed by atoms with Gasteiger partial charge in [-0.15, -0.1) is 0 Å². The number of hydrogen-bond donors (Lipinski definition) is 1. The van der Waals surface area contributed by atoms with Crippen LogP contribution in [0, 0.1) is 5.41 Å². The van der Waals surface area contributed by atoms with E-state index in [1.807, 2.05) is 36.4 Å². The second-order valence-corrected chi connectivity index (χ2v) is 9.66. The number of ether oxygens (including phenoxy) is 1. The number of ketones is 1. The molecule has 0 spiro atoms. The Bertz CT molecular complexity index is 1330. The molecule has 0 bridgehead atoms. The number of fused-ring (bicyclic) bond motifs is 4. The molecule has 0 saturated heterocycles. The van der Waals surface area contributed by atoms with E-state index < -0.39 is 18.6 Å². The van der Waals surface area contributed by atoms with E-state index in [2.05, 4.69) is 23.9 Å². The van der Waals surface area contributed by atoms with E-state index in [0.717, 1.165) is 27.6 Å². The van der Waals surface area contributed by atoms with Crippen molar-refractivity contribution in [3.63, 3.8) is 0 Å². The maximum Gasteiger partial charge on any atom is 0.461 e. The highest BCUT2D eigenvalue weighted by Crippen LogP contribution is 2.52. The molecule has 0 unspecified atom stereocenters. The molecule has 0 aromatic heterocycles. The lowest BCUT2D eigenvalue weighted by Gasteiger charge is -2.40. The standard InChI is InChI=1S/C27H23F4NO2/c1-26(2)13-19-22-18-9-4-3-6-15(18)10-11-20(22)32-24(23(19)21(33)14-26)16-7-5-8-17(12-16)34-27(30,31)25(28)29/h3-12,24-25,32H,13-14H2,1-2H3/t24-/m1/s1. The van der Waals surface area contributed by atoms with Gasteiger partial charge >= 0.3 is 12.5 Å². The van der Waals surface area contributed by atoms with Crippen molar-refractivity contribution in [3.05, 3.63) is 77.4 Å². The zero-order chi connectivity index (χ0) is 24.3. The molecule has 34 heavy (non-hydrogen) atoms. The number of alkyl halides is 4. The van der Waals surface area contributed by atoms with Crippen LogP contribution in [0.3, 0.4) is 0 Å². The Morgan fingerprint density at radius 1 is 1.03 bits per heavy atom. The summed E-state index contributed by atoms with van der Waals surface area (Å²) >= 11 is 0. The minimum Gasteiger partial charge on any atom is -0.428 e. The topological polar surface area (TPSA) is 38.3 Å². The Morgan fingerprint density at radius 3 is 2.56 bits per heavy atom. The largest absolute Gasteiger partial charge is 0.461 e. The molecule has 0 fully saturated rings. The molecule has 3 aromatic carbocycles. The van der Waals surface area contributed by atoms with Crippen LogP contribution in [-0.2, 0) is 4.79 Å². The predicted molar refractivity (Wildman–Crippen MR) is 123 cm³/mol. The lowest BCUT2D eigenvalue weighted by atomic mass is 9.68. The molecule has 0 saturated carbocycles. The van der Waals surface area contributed by atoms with Gasteiger partial charge in [0.05, 0.1) is 6.04 Å². The molecule has 2 aliphatic rings. The number of nitrogens with one attached hydrogen (secondary N) is 1. The van der Waals surface area contributed by atoms with Gasteiger partial charge in [0.2, 0.25) is 0 Å². The van der Waals surface area contributed by atoms with Gasteiger partial charge in [0, 0.05) is 23.2 Å². The molecular formula is C27H23F4NO2. The van der Waals surface area contributed by atoms with Gasteiger partial charge in [0.15, 0.2) is 5.78 Å². The van der Waals surface area contributed by atoms with Gasteiger partial charge in [-0.05, 0) is 51.9 Å². The van der Waals surface area contributed by atoms with Gasteiger partial charge in [-0.2, -0.15) is 17.6 Å². The van der Waals surface area contributed by atoms with Crippen LogP contribution in [0.2, 0.25) is 0 Å². The van der Waals surface area contributed by atoms with Gasteiger partial charge in [0.25, 0.3) is 0 Å². The summed E-state index contributed by atoms with van der Waals surface area (Å²) in [6.45, 7) is 4.11. The third-order valence-corrected chi connectivity index (χ3v) is 6.44. The Morgan fingerprint density at radius 2 is 1.79 bits per heavy atom.